The number of aromatic hydroxyl groups is 1. The number of nitrogens with one attached hydrogen (secondary N) is 9. The first-order chi connectivity index (χ1) is 35.9. The van der Waals surface area contributed by atoms with E-state index in [-0.39, 0.29) is 49.4 Å². The van der Waals surface area contributed by atoms with E-state index in [0.29, 0.717) is 5.56 Å². The minimum Gasteiger partial charge on any atom is -0.508 e. The lowest BCUT2D eigenvalue weighted by Crippen LogP contribution is -2.60. The van der Waals surface area contributed by atoms with E-state index in [1.165, 1.54) is 36.8 Å². The Bertz CT molecular complexity index is 2430. The number of nitrogens with zero attached hydrogens (tertiary/aromatic N) is 2. The Hall–Kier alpha value is -8.39. The van der Waals surface area contributed by atoms with Crippen LogP contribution < -0.4 is 59.7 Å². The zero-order valence-corrected chi connectivity index (χ0v) is 41.5. The molecule has 32 heteroatoms. The first-order valence-corrected chi connectivity index (χ1v) is 24.0. The Morgan fingerprint density at radius 1 is 0.684 bits per heavy atom. The van der Waals surface area contributed by atoms with Gasteiger partial charge in [0.2, 0.25) is 65.0 Å². The number of likely N-dealkylation sites (tertiary alicyclic amines) is 1. The molecule has 0 unspecified atom stereocenters. The van der Waals surface area contributed by atoms with Crippen molar-refractivity contribution in [1.29, 1.82) is 0 Å². The molecular weight excluding hydrogens is 1030 g/mol. The molecule has 1 aromatic heterocycles. The van der Waals surface area contributed by atoms with E-state index in [1.54, 1.807) is 0 Å². The highest BCUT2D eigenvalue weighted by atomic mass is 32.1. The Morgan fingerprint density at radius 2 is 1.25 bits per heavy atom. The van der Waals surface area contributed by atoms with E-state index in [2.05, 4.69) is 65.1 Å². The third-order valence-electron chi connectivity index (χ3n) is 11.3. The predicted octanol–water partition coefficient (Wildman–Crippen LogP) is -7.63. The summed E-state index contributed by atoms with van der Waals surface area (Å²) in [6, 6.07) is -7.24. The molecule has 0 bridgehead atoms. The van der Waals surface area contributed by atoms with E-state index < -0.39 is 177 Å². The van der Waals surface area contributed by atoms with Crippen LogP contribution in [0.5, 0.6) is 5.75 Å². The van der Waals surface area contributed by atoms with Crippen LogP contribution in [-0.4, -0.2) is 193 Å². The van der Waals surface area contributed by atoms with Gasteiger partial charge in [0.15, 0.2) is 0 Å². The van der Waals surface area contributed by atoms with Crippen LogP contribution in [0.4, 0.5) is 0 Å². The highest BCUT2D eigenvalue weighted by molar-refractivity contribution is 7.80. The van der Waals surface area contributed by atoms with Gasteiger partial charge < -0.3 is 90.0 Å². The number of amides is 11. The van der Waals surface area contributed by atoms with E-state index in [1.807, 2.05) is 0 Å². The maximum absolute atomic E-state index is 14.3. The smallest absolute Gasteiger partial charge is 0.305 e. The van der Waals surface area contributed by atoms with Crippen LogP contribution in [0.1, 0.15) is 56.2 Å². The first-order valence-electron chi connectivity index (χ1n) is 23.3. The van der Waals surface area contributed by atoms with Gasteiger partial charge in [0.25, 0.3) is 0 Å². The number of H-pyrrole nitrogens is 1. The first kappa shape index (κ1) is 61.9. The van der Waals surface area contributed by atoms with Gasteiger partial charge in [-0.3, -0.25) is 62.3 Å². The molecule has 3 rings (SSSR count). The van der Waals surface area contributed by atoms with Crippen LogP contribution in [0.3, 0.4) is 0 Å². The second kappa shape index (κ2) is 30.7. The van der Waals surface area contributed by atoms with Crippen molar-refractivity contribution in [2.75, 3.05) is 32.0 Å². The number of phenols is 1. The number of rotatable bonds is 32. The third kappa shape index (κ3) is 20.9. The molecule has 0 aliphatic carbocycles. The summed E-state index contributed by atoms with van der Waals surface area (Å²) in [4.78, 5) is 176. The number of aliphatic carboxylic acids is 2. The largest absolute Gasteiger partial charge is 0.508 e. The lowest BCUT2D eigenvalue weighted by Gasteiger charge is -2.30. The van der Waals surface area contributed by atoms with E-state index >= 15 is 0 Å². The fraction of sp³-hybridized carbons (Fsp3) is 0.500. The number of nitrogens with two attached hydrogens (primary N) is 3. The second-order valence-corrected chi connectivity index (χ2v) is 17.5. The summed E-state index contributed by atoms with van der Waals surface area (Å²) in [6.07, 6.45) is -1.18. The number of aliphatic hydroxyl groups excluding tert-OH is 1. The number of aliphatic hydroxyl groups is 1. The Labute approximate surface area is 437 Å². The Morgan fingerprint density at radius 3 is 1.82 bits per heavy atom. The van der Waals surface area contributed by atoms with Crippen LogP contribution >= 0.6 is 12.6 Å². The van der Waals surface area contributed by atoms with Gasteiger partial charge in [-0.2, -0.15) is 12.6 Å². The Kier molecular flexibility index (Phi) is 25.0. The van der Waals surface area contributed by atoms with Gasteiger partial charge in [-0.05, 0) is 43.4 Å². The number of primary amides is 2. The van der Waals surface area contributed by atoms with Gasteiger partial charge in [0.1, 0.15) is 48.0 Å². The van der Waals surface area contributed by atoms with Gasteiger partial charge in [0, 0.05) is 49.9 Å². The minimum atomic E-state index is -1.89. The van der Waals surface area contributed by atoms with Crippen LogP contribution in [0.25, 0.3) is 0 Å². The molecule has 76 heavy (non-hydrogen) atoms. The summed E-state index contributed by atoms with van der Waals surface area (Å²) in [5.74, 6) is -14.2. The molecule has 1 aliphatic rings. The number of carbonyl (C=O) groups is 13. The number of phenolic OH excluding ortho intramolecular Hbond substituents is 1. The maximum Gasteiger partial charge on any atom is 0.305 e. The minimum absolute atomic E-state index is 0.0544. The van der Waals surface area contributed by atoms with Crippen LogP contribution in [0.2, 0.25) is 0 Å². The van der Waals surface area contributed by atoms with Crippen molar-refractivity contribution in [3.8, 4) is 5.75 Å². The van der Waals surface area contributed by atoms with Crippen molar-refractivity contribution in [3.63, 3.8) is 0 Å². The number of aromatic amines is 1. The van der Waals surface area contributed by atoms with Crippen molar-refractivity contribution in [2.45, 2.75) is 106 Å². The number of imidazole rings is 1. The number of hydrogen-bond donors (Lipinski definition) is 17. The molecule has 8 atom stereocenters. The van der Waals surface area contributed by atoms with Crippen molar-refractivity contribution in [1.82, 2.24) is 57.4 Å². The quantitative estimate of drug-likeness (QED) is 0.0303. The normalized spacial score (nSPS) is 15.6. The molecular formula is C44H62N14O17S. The molecule has 1 aliphatic heterocycles. The lowest BCUT2D eigenvalue weighted by atomic mass is 10.0. The van der Waals surface area contributed by atoms with Crippen molar-refractivity contribution in [3.05, 3.63) is 48.0 Å². The predicted molar refractivity (Wildman–Crippen MR) is 262 cm³/mol. The average molecular weight is 1090 g/mol. The van der Waals surface area contributed by atoms with E-state index in [9.17, 15) is 82.8 Å². The van der Waals surface area contributed by atoms with E-state index in [0.717, 1.165) is 4.90 Å². The number of carboxylic acid groups (broad SMARTS) is 2. The molecule has 0 radical (unpaired) electrons. The van der Waals surface area contributed by atoms with Crippen molar-refractivity contribution in [2.24, 2.45) is 17.2 Å². The maximum atomic E-state index is 14.3. The summed E-state index contributed by atoms with van der Waals surface area (Å²) in [5, 5.41) is 57.2. The monoisotopic (exact) mass is 1090 g/mol. The standard InChI is InChI=1S/C44H62N14O17S/c45-24(19-76)37(68)50-17-34(63)52-30(18-59)42(73)57-29(14-36(66)67)44(75)58-11-1-2-31(58)43(74)54-26(7-9-32(46)61)39(70)56-28(13-22-15-48-20-51-22)41(72)55-27(12-21-3-5-23(60)6-4-21)40(71)53-25(8-10-35(64)65)38(69)49-16-33(47)62/h3-6,15,20,24-31,59-60,76H,1-2,7-14,16-19,45H2,(H2,46,61)(H2,47,62)(H,48,51)(H,49,69)(H,50,68)(H,52,63)(H,53,71)(H,54,74)(H,55,72)(H,56,70)(H,57,73)(H,64,65)(H,66,67)/t24-,25-,26-,27-,28-,29-,30-,31-/m0/s1. The molecule has 1 aromatic carbocycles. The lowest BCUT2D eigenvalue weighted by molar-refractivity contribution is -0.146. The SMILES string of the molecule is NC(=O)CC[C@H](NC(=O)[C@@H]1CCCN1C(=O)[C@H](CC(=O)O)NC(=O)[C@H](CO)NC(=O)CNC(=O)[C@@H](N)CS)C(=O)N[C@@H](Cc1cnc[nH]1)C(=O)N[C@@H](Cc1ccc(O)cc1)C(=O)N[C@@H](CCC(=O)O)C(=O)NCC(N)=O. The highest BCUT2D eigenvalue weighted by Gasteiger charge is 2.41. The molecule has 1 saturated heterocycles. The number of thiol groups is 1. The molecule has 0 saturated carbocycles. The number of benzene rings is 1. The number of aromatic nitrogens is 2. The van der Waals surface area contributed by atoms with Crippen molar-refractivity contribution >= 4 is 89.5 Å². The number of hydrogen-bond acceptors (Lipinski definition) is 18. The summed E-state index contributed by atoms with van der Waals surface area (Å²) in [7, 11) is 0. The second-order valence-electron chi connectivity index (χ2n) is 17.2. The van der Waals surface area contributed by atoms with Crippen molar-refractivity contribution < 1.29 is 82.8 Å². The fourth-order valence-electron chi connectivity index (χ4n) is 7.35. The molecule has 2 aromatic rings. The summed E-state index contributed by atoms with van der Waals surface area (Å²) >= 11 is 3.88. The highest BCUT2D eigenvalue weighted by Crippen LogP contribution is 2.20. The summed E-state index contributed by atoms with van der Waals surface area (Å²) in [5.41, 5.74) is 16.7. The van der Waals surface area contributed by atoms with Gasteiger partial charge in [-0.25, -0.2) is 4.98 Å². The molecule has 19 N–H and O–H groups in total. The van der Waals surface area contributed by atoms with Crippen LogP contribution in [0.15, 0.2) is 36.8 Å². The molecule has 31 nitrogen and oxygen atoms in total. The number of carbonyl (C=O) groups excluding carboxylic acids is 11. The average Bonchev–Trinajstić information content (AvgIpc) is 4.09. The Balaban J connectivity index is 1.89. The van der Waals surface area contributed by atoms with Crippen LogP contribution in [-0.2, 0) is 75.2 Å². The van der Waals surface area contributed by atoms with Gasteiger partial charge in [-0.15, -0.1) is 0 Å². The topological polar surface area (TPSA) is 509 Å². The summed E-state index contributed by atoms with van der Waals surface area (Å²) in [6.45, 7) is -2.56. The summed E-state index contributed by atoms with van der Waals surface area (Å²) < 4.78 is 0. The number of carboxylic acids is 2. The fourth-order valence-corrected chi connectivity index (χ4v) is 7.51. The van der Waals surface area contributed by atoms with E-state index in [4.69, 9.17) is 17.2 Å². The van der Waals surface area contributed by atoms with Crippen LogP contribution in [0, 0.1) is 0 Å². The molecule has 1 fully saturated rings. The van der Waals surface area contributed by atoms with Gasteiger partial charge in [0.05, 0.1) is 38.5 Å². The molecule has 2 heterocycles. The van der Waals surface area contributed by atoms with Gasteiger partial charge >= 0.3 is 11.9 Å². The molecule has 0 spiro atoms. The zero-order valence-electron chi connectivity index (χ0n) is 40.7. The molecule has 416 valence electrons. The van der Waals surface area contributed by atoms with Gasteiger partial charge in [-0.1, -0.05) is 12.1 Å². The third-order valence-corrected chi connectivity index (χ3v) is 11.7. The molecule has 11 amide bonds. The zero-order chi connectivity index (χ0) is 56.6.